The van der Waals surface area contributed by atoms with Crippen molar-refractivity contribution in [2.75, 3.05) is 13.1 Å². The SMILES string of the molecule is NCCC(CCN)c1cnccn1. The molecule has 72 valence electrons. The fraction of sp³-hybridized carbons (Fsp3) is 0.556. The third kappa shape index (κ3) is 3.08. The summed E-state index contributed by atoms with van der Waals surface area (Å²) in [6.07, 6.45) is 7.02. The first-order chi connectivity index (χ1) is 6.38. The highest BCUT2D eigenvalue weighted by Gasteiger charge is 2.10. The van der Waals surface area contributed by atoms with Gasteiger partial charge in [-0.15, -0.1) is 0 Å². The van der Waals surface area contributed by atoms with E-state index in [1.807, 2.05) is 0 Å². The average molecular weight is 180 g/mol. The molecule has 0 aliphatic carbocycles. The number of hydrogen-bond acceptors (Lipinski definition) is 4. The lowest BCUT2D eigenvalue weighted by molar-refractivity contribution is 0.575. The summed E-state index contributed by atoms with van der Waals surface area (Å²) in [5.74, 6) is 0.365. The first-order valence-electron chi connectivity index (χ1n) is 4.54. The van der Waals surface area contributed by atoms with Crippen LogP contribution in [0.1, 0.15) is 24.5 Å². The fourth-order valence-corrected chi connectivity index (χ4v) is 1.36. The lowest BCUT2D eigenvalue weighted by atomic mass is 9.98. The molecule has 4 heteroatoms. The van der Waals surface area contributed by atoms with E-state index in [2.05, 4.69) is 9.97 Å². The minimum absolute atomic E-state index is 0.365. The van der Waals surface area contributed by atoms with Gasteiger partial charge in [0.1, 0.15) is 0 Å². The quantitative estimate of drug-likeness (QED) is 0.681. The lowest BCUT2D eigenvalue weighted by Crippen LogP contribution is -2.13. The molecule has 4 N–H and O–H groups in total. The molecule has 1 heterocycles. The Kier molecular flexibility index (Phi) is 4.35. The van der Waals surface area contributed by atoms with Crippen LogP contribution in [0.3, 0.4) is 0 Å². The Balaban J connectivity index is 2.64. The molecule has 4 nitrogen and oxygen atoms in total. The largest absolute Gasteiger partial charge is 0.330 e. The zero-order valence-corrected chi connectivity index (χ0v) is 7.69. The van der Waals surface area contributed by atoms with Crippen molar-refractivity contribution in [1.29, 1.82) is 0 Å². The zero-order chi connectivity index (χ0) is 9.52. The molecule has 0 aliphatic rings. The third-order valence-corrected chi connectivity index (χ3v) is 2.03. The normalized spacial score (nSPS) is 10.7. The van der Waals surface area contributed by atoms with E-state index in [0.29, 0.717) is 19.0 Å². The summed E-state index contributed by atoms with van der Waals surface area (Å²) < 4.78 is 0. The Labute approximate surface area is 78.4 Å². The summed E-state index contributed by atoms with van der Waals surface area (Å²) in [7, 11) is 0. The van der Waals surface area contributed by atoms with Gasteiger partial charge in [0.05, 0.1) is 5.69 Å². The minimum Gasteiger partial charge on any atom is -0.330 e. The molecule has 0 spiro atoms. The lowest BCUT2D eigenvalue weighted by Gasteiger charge is -2.13. The van der Waals surface area contributed by atoms with E-state index in [0.717, 1.165) is 18.5 Å². The van der Waals surface area contributed by atoms with Gasteiger partial charge in [0.2, 0.25) is 0 Å². The molecule has 1 rings (SSSR count). The molecule has 13 heavy (non-hydrogen) atoms. The highest BCUT2D eigenvalue weighted by molar-refractivity contribution is 5.03. The molecule has 0 aliphatic heterocycles. The topological polar surface area (TPSA) is 77.8 Å². The highest BCUT2D eigenvalue weighted by Crippen LogP contribution is 2.18. The van der Waals surface area contributed by atoms with Gasteiger partial charge in [-0.3, -0.25) is 9.97 Å². The summed E-state index contributed by atoms with van der Waals surface area (Å²) in [4.78, 5) is 8.27. The monoisotopic (exact) mass is 180 g/mol. The molecule has 0 amide bonds. The number of hydrogen-bond donors (Lipinski definition) is 2. The molecule has 1 aromatic rings. The van der Waals surface area contributed by atoms with Crippen molar-refractivity contribution in [3.63, 3.8) is 0 Å². The van der Waals surface area contributed by atoms with Crippen LogP contribution in [0.2, 0.25) is 0 Å². The van der Waals surface area contributed by atoms with Crippen LogP contribution in [-0.2, 0) is 0 Å². The molecular formula is C9H16N4. The molecular weight excluding hydrogens is 164 g/mol. The van der Waals surface area contributed by atoms with Crippen LogP contribution in [-0.4, -0.2) is 23.1 Å². The second-order valence-corrected chi connectivity index (χ2v) is 2.98. The molecule has 1 aromatic heterocycles. The van der Waals surface area contributed by atoms with Gasteiger partial charge in [0.15, 0.2) is 0 Å². The maximum Gasteiger partial charge on any atom is 0.0618 e. The van der Waals surface area contributed by atoms with Gasteiger partial charge in [-0.1, -0.05) is 0 Å². The van der Waals surface area contributed by atoms with Crippen LogP contribution in [0.15, 0.2) is 18.6 Å². The molecule has 0 fully saturated rings. The molecule has 0 saturated carbocycles. The third-order valence-electron chi connectivity index (χ3n) is 2.03. The maximum absolute atomic E-state index is 5.51. The number of aromatic nitrogens is 2. The zero-order valence-electron chi connectivity index (χ0n) is 7.69. The van der Waals surface area contributed by atoms with Crippen LogP contribution < -0.4 is 11.5 Å². The Morgan fingerprint density at radius 3 is 2.31 bits per heavy atom. The summed E-state index contributed by atoms with van der Waals surface area (Å²) in [5, 5.41) is 0. The Hall–Kier alpha value is -1.00. The van der Waals surface area contributed by atoms with E-state index < -0.39 is 0 Å². The molecule has 0 radical (unpaired) electrons. The summed E-state index contributed by atoms with van der Waals surface area (Å²) >= 11 is 0. The van der Waals surface area contributed by atoms with E-state index in [-0.39, 0.29) is 0 Å². The van der Waals surface area contributed by atoms with Gasteiger partial charge in [-0.05, 0) is 25.9 Å². The molecule has 0 atom stereocenters. The van der Waals surface area contributed by atoms with Crippen molar-refractivity contribution in [1.82, 2.24) is 9.97 Å². The standard InChI is InChI=1S/C9H16N4/c10-3-1-8(2-4-11)9-7-12-5-6-13-9/h5-8H,1-4,10-11H2. The molecule has 0 saturated heterocycles. The predicted octanol–water partition coefficient (Wildman–Crippen LogP) is 0.258. The van der Waals surface area contributed by atoms with E-state index in [1.54, 1.807) is 18.6 Å². The van der Waals surface area contributed by atoms with Crippen LogP contribution in [0.4, 0.5) is 0 Å². The smallest absolute Gasteiger partial charge is 0.0618 e. The van der Waals surface area contributed by atoms with Gasteiger partial charge in [-0.25, -0.2) is 0 Å². The second-order valence-electron chi connectivity index (χ2n) is 2.98. The first kappa shape index (κ1) is 10.1. The van der Waals surface area contributed by atoms with E-state index in [1.165, 1.54) is 0 Å². The number of rotatable bonds is 5. The van der Waals surface area contributed by atoms with Crippen molar-refractivity contribution < 1.29 is 0 Å². The van der Waals surface area contributed by atoms with Crippen LogP contribution >= 0.6 is 0 Å². The van der Waals surface area contributed by atoms with Crippen LogP contribution in [0.25, 0.3) is 0 Å². The van der Waals surface area contributed by atoms with E-state index in [9.17, 15) is 0 Å². The van der Waals surface area contributed by atoms with Gasteiger partial charge < -0.3 is 11.5 Å². The van der Waals surface area contributed by atoms with E-state index in [4.69, 9.17) is 11.5 Å². The predicted molar refractivity (Wildman–Crippen MR) is 52.1 cm³/mol. The Morgan fingerprint density at radius 2 is 1.85 bits per heavy atom. The average Bonchev–Trinajstić information content (AvgIpc) is 2.19. The Morgan fingerprint density at radius 1 is 1.15 bits per heavy atom. The minimum atomic E-state index is 0.365. The summed E-state index contributed by atoms with van der Waals surface area (Å²) in [5.41, 5.74) is 12.0. The molecule has 0 unspecified atom stereocenters. The molecule has 0 aromatic carbocycles. The fourth-order valence-electron chi connectivity index (χ4n) is 1.36. The number of nitrogens with zero attached hydrogens (tertiary/aromatic N) is 2. The maximum atomic E-state index is 5.51. The van der Waals surface area contributed by atoms with Crippen LogP contribution in [0, 0.1) is 0 Å². The van der Waals surface area contributed by atoms with E-state index >= 15 is 0 Å². The van der Waals surface area contributed by atoms with Crippen LogP contribution in [0.5, 0.6) is 0 Å². The van der Waals surface area contributed by atoms with Gasteiger partial charge >= 0.3 is 0 Å². The van der Waals surface area contributed by atoms with Gasteiger partial charge in [0.25, 0.3) is 0 Å². The summed E-state index contributed by atoms with van der Waals surface area (Å²) in [6, 6.07) is 0. The van der Waals surface area contributed by atoms with Gasteiger partial charge in [0, 0.05) is 24.5 Å². The highest BCUT2D eigenvalue weighted by atomic mass is 14.8. The first-order valence-corrected chi connectivity index (χ1v) is 4.54. The molecule has 0 bridgehead atoms. The van der Waals surface area contributed by atoms with Crippen molar-refractivity contribution in [2.45, 2.75) is 18.8 Å². The number of nitrogens with two attached hydrogens (primary N) is 2. The van der Waals surface area contributed by atoms with Crippen molar-refractivity contribution >= 4 is 0 Å². The second kappa shape index (κ2) is 5.61. The Bertz CT molecular complexity index is 218. The van der Waals surface area contributed by atoms with Crippen molar-refractivity contribution in [2.24, 2.45) is 11.5 Å². The van der Waals surface area contributed by atoms with Crippen molar-refractivity contribution in [3.05, 3.63) is 24.3 Å². The van der Waals surface area contributed by atoms with Crippen molar-refractivity contribution in [3.8, 4) is 0 Å². The summed E-state index contributed by atoms with van der Waals surface area (Å²) in [6.45, 7) is 1.34. The van der Waals surface area contributed by atoms with Gasteiger partial charge in [-0.2, -0.15) is 0 Å².